The highest BCUT2D eigenvalue weighted by molar-refractivity contribution is 7.92. The van der Waals surface area contributed by atoms with Gasteiger partial charge in [-0.1, -0.05) is 24.3 Å². The van der Waals surface area contributed by atoms with Crippen LogP contribution in [0.1, 0.15) is 27.0 Å². The molecular formula is C22H22N2O3S. The molecule has 0 aliphatic carbocycles. The molecule has 144 valence electrons. The van der Waals surface area contributed by atoms with E-state index in [4.69, 9.17) is 0 Å². The van der Waals surface area contributed by atoms with Crippen molar-refractivity contribution in [1.82, 2.24) is 0 Å². The Morgan fingerprint density at radius 3 is 2.21 bits per heavy atom. The zero-order chi connectivity index (χ0) is 20.3. The van der Waals surface area contributed by atoms with Crippen molar-refractivity contribution in [2.75, 3.05) is 10.0 Å². The zero-order valence-electron chi connectivity index (χ0n) is 16.0. The molecule has 6 heteroatoms. The van der Waals surface area contributed by atoms with Crippen LogP contribution in [0.25, 0.3) is 0 Å². The molecule has 5 nitrogen and oxygen atoms in total. The first-order valence-electron chi connectivity index (χ1n) is 8.83. The highest BCUT2D eigenvalue weighted by Gasteiger charge is 2.16. The van der Waals surface area contributed by atoms with Gasteiger partial charge in [-0.25, -0.2) is 8.42 Å². The molecule has 0 aliphatic rings. The quantitative estimate of drug-likeness (QED) is 0.661. The highest BCUT2D eigenvalue weighted by Crippen LogP contribution is 2.20. The third-order valence-electron chi connectivity index (χ3n) is 4.55. The number of carbonyl (C=O) groups excluding carboxylic acids is 1. The van der Waals surface area contributed by atoms with Crippen molar-refractivity contribution in [2.45, 2.75) is 25.7 Å². The summed E-state index contributed by atoms with van der Waals surface area (Å²) >= 11 is 0. The number of hydrogen-bond acceptors (Lipinski definition) is 3. The third kappa shape index (κ3) is 4.40. The monoisotopic (exact) mass is 394 g/mol. The average molecular weight is 394 g/mol. The molecule has 28 heavy (non-hydrogen) atoms. The van der Waals surface area contributed by atoms with Gasteiger partial charge in [0.2, 0.25) is 0 Å². The number of hydrogen-bond donors (Lipinski definition) is 2. The third-order valence-corrected chi connectivity index (χ3v) is 5.95. The fourth-order valence-corrected chi connectivity index (χ4v) is 3.84. The first kappa shape index (κ1) is 19.6. The van der Waals surface area contributed by atoms with Crippen LogP contribution in [-0.2, 0) is 10.0 Å². The Morgan fingerprint density at radius 2 is 1.54 bits per heavy atom. The van der Waals surface area contributed by atoms with E-state index in [-0.39, 0.29) is 10.8 Å². The Labute approximate surface area is 165 Å². The molecule has 0 heterocycles. The van der Waals surface area contributed by atoms with Gasteiger partial charge >= 0.3 is 0 Å². The van der Waals surface area contributed by atoms with Gasteiger partial charge in [0.15, 0.2) is 0 Å². The molecule has 3 aromatic rings. The Balaban J connectivity index is 1.77. The molecule has 0 bridgehead atoms. The van der Waals surface area contributed by atoms with Crippen LogP contribution in [0.4, 0.5) is 11.4 Å². The van der Waals surface area contributed by atoms with E-state index in [1.54, 1.807) is 18.2 Å². The van der Waals surface area contributed by atoms with Crippen molar-refractivity contribution in [3.63, 3.8) is 0 Å². The molecular weight excluding hydrogens is 372 g/mol. The fraction of sp³-hybridized carbons (Fsp3) is 0.136. The number of sulfonamides is 1. The Bertz CT molecular complexity index is 1120. The fourth-order valence-electron chi connectivity index (χ4n) is 2.79. The van der Waals surface area contributed by atoms with E-state index in [1.165, 1.54) is 24.3 Å². The topological polar surface area (TPSA) is 75.3 Å². The molecule has 0 saturated heterocycles. The van der Waals surface area contributed by atoms with Gasteiger partial charge in [0, 0.05) is 16.9 Å². The standard InChI is InChI=1S/C22H22N2O3S/c1-15-6-4-8-19(14-15)24-28(26,27)20-12-10-18(11-13-20)22(25)23-21-9-5-7-16(2)17(21)3/h4-14,24H,1-3H3,(H,23,25). The molecule has 0 radical (unpaired) electrons. The molecule has 0 fully saturated rings. The number of amides is 1. The van der Waals surface area contributed by atoms with Crippen molar-refractivity contribution >= 4 is 27.3 Å². The Morgan fingerprint density at radius 1 is 0.857 bits per heavy atom. The second-order valence-electron chi connectivity index (χ2n) is 6.70. The number of anilines is 2. The summed E-state index contributed by atoms with van der Waals surface area (Å²) in [5.74, 6) is -0.288. The van der Waals surface area contributed by atoms with E-state index in [0.717, 1.165) is 22.4 Å². The largest absolute Gasteiger partial charge is 0.322 e. The summed E-state index contributed by atoms with van der Waals surface area (Å²) in [6.45, 7) is 5.81. The summed E-state index contributed by atoms with van der Waals surface area (Å²) in [5.41, 5.74) is 4.66. The Hall–Kier alpha value is -3.12. The van der Waals surface area contributed by atoms with Crippen molar-refractivity contribution in [1.29, 1.82) is 0 Å². The molecule has 0 unspecified atom stereocenters. The number of carbonyl (C=O) groups is 1. The summed E-state index contributed by atoms with van der Waals surface area (Å²) in [6.07, 6.45) is 0. The van der Waals surface area contributed by atoms with Gasteiger partial charge in [0.1, 0.15) is 0 Å². The number of nitrogens with one attached hydrogen (secondary N) is 2. The lowest BCUT2D eigenvalue weighted by molar-refractivity contribution is 0.102. The molecule has 0 aromatic heterocycles. The van der Waals surface area contributed by atoms with Crippen molar-refractivity contribution < 1.29 is 13.2 Å². The van der Waals surface area contributed by atoms with Crippen LogP contribution in [0.2, 0.25) is 0 Å². The Kier molecular flexibility index (Phi) is 5.51. The van der Waals surface area contributed by atoms with Crippen molar-refractivity contribution in [3.8, 4) is 0 Å². The predicted octanol–water partition coefficient (Wildman–Crippen LogP) is 4.66. The van der Waals surface area contributed by atoms with Gasteiger partial charge in [-0.2, -0.15) is 0 Å². The van der Waals surface area contributed by atoms with Crippen LogP contribution < -0.4 is 10.0 Å². The number of aryl methyl sites for hydroxylation is 2. The van der Waals surface area contributed by atoms with Crippen LogP contribution in [0.5, 0.6) is 0 Å². The van der Waals surface area contributed by atoms with E-state index in [0.29, 0.717) is 11.3 Å². The van der Waals surface area contributed by atoms with Crippen LogP contribution in [-0.4, -0.2) is 14.3 Å². The maximum atomic E-state index is 12.6. The van der Waals surface area contributed by atoms with Crippen LogP contribution >= 0.6 is 0 Å². The molecule has 3 aromatic carbocycles. The summed E-state index contributed by atoms with van der Waals surface area (Å²) in [7, 11) is -3.73. The van der Waals surface area contributed by atoms with Gasteiger partial charge < -0.3 is 5.32 Å². The van der Waals surface area contributed by atoms with Gasteiger partial charge in [-0.05, 0) is 79.9 Å². The molecule has 0 aliphatic heterocycles. The van der Waals surface area contributed by atoms with Gasteiger partial charge in [-0.15, -0.1) is 0 Å². The van der Waals surface area contributed by atoms with E-state index in [2.05, 4.69) is 10.0 Å². The zero-order valence-corrected chi connectivity index (χ0v) is 16.8. The minimum absolute atomic E-state index is 0.0947. The van der Waals surface area contributed by atoms with Crippen LogP contribution in [0.3, 0.4) is 0 Å². The van der Waals surface area contributed by atoms with E-state index < -0.39 is 10.0 Å². The van der Waals surface area contributed by atoms with Crippen LogP contribution in [0, 0.1) is 20.8 Å². The number of rotatable bonds is 5. The molecule has 1 amide bonds. The van der Waals surface area contributed by atoms with Crippen molar-refractivity contribution in [3.05, 3.63) is 89.0 Å². The lowest BCUT2D eigenvalue weighted by atomic mass is 10.1. The van der Waals surface area contributed by atoms with Gasteiger partial charge in [0.25, 0.3) is 15.9 Å². The SMILES string of the molecule is Cc1cccc(NS(=O)(=O)c2ccc(C(=O)Nc3cccc(C)c3C)cc2)c1. The molecule has 0 saturated carbocycles. The summed E-state index contributed by atoms with van der Waals surface area (Å²) in [5, 5.41) is 2.87. The predicted molar refractivity (Wildman–Crippen MR) is 112 cm³/mol. The molecule has 3 rings (SSSR count). The van der Waals surface area contributed by atoms with Crippen molar-refractivity contribution in [2.24, 2.45) is 0 Å². The molecule has 2 N–H and O–H groups in total. The minimum atomic E-state index is -3.73. The normalized spacial score (nSPS) is 11.1. The average Bonchev–Trinajstić information content (AvgIpc) is 2.65. The maximum Gasteiger partial charge on any atom is 0.261 e. The van der Waals surface area contributed by atoms with E-state index in [9.17, 15) is 13.2 Å². The molecule has 0 atom stereocenters. The highest BCUT2D eigenvalue weighted by atomic mass is 32.2. The van der Waals surface area contributed by atoms with Gasteiger partial charge in [-0.3, -0.25) is 9.52 Å². The molecule has 0 spiro atoms. The van der Waals surface area contributed by atoms with E-state index >= 15 is 0 Å². The summed E-state index contributed by atoms with van der Waals surface area (Å²) in [4.78, 5) is 12.6. The number of benzene rings is 3. The van der Waals surface area contributed by atoms with Gasteiger partial charge in [0.05, 0.1) is 4.90 Å². The summed E-state index contributed by atoms with van der Waals surface area (Å²) < 4.78 is 27.7. The maximum absolute atomic E-state index is 12.6. The lowest BCUT2D eigenvalue weighted by Gasteiger charge is -2.11. The van der Waals surface area contributed by atoms with E-state index in [1.807, 2.05) is 45.0 Å². The van der Waals surface area contributed by atoms with Crippen LogP contribution in [0.15, 0.2) is 71.6 Å². The smallest absolute Gasteiger partial charge is 0.261 e. The second-order valence-corrected chi connectivity index (χ2v) is 8.38. The lowest BCUT2D eigenvalue weighted by Crippen LogP contribution is -2.15. The minimum Gasteiger partial charge on any atom is -0.322 e. The first-order valence-corrected chi connectivity index (χ1v) is 10.3. The second kappa shape index (κ2) is 7.86. The summed E-state index contributed by atoms with van der Waals surface area (Å²) in [6, 6.07) is 18.7. The first-order chi connectivity index (χ1) is 13.3.